The summed E-state index contributed by atoms with van der Waals surface area (Å²) < 4.78 is 4.77. The maximum atomic E-state index is 11.3. The molecule has 0 aromatic carbocycles. The normalized spacial score (nSPS) is 15.1. The van der Waals surface area contributed by atoms with E-state index in [2.05, 4.69) is 10.6 Å². The molecule has 78 valence electrons. The number of carbonyl (C=O) groups excluding carboxylic acids is 1. The molecule has 5 nitrogen and oxygen atoms in total. The minimum atomic E-state index is -0.701. The van der Waals surface area contributed by atoms with Crippen molar-refractivity contribution in [1.82, 2.24) is 10.6 Å². The van der Waals surface area contributed by atoms with Crippen LogP contribution in [0.1, 0.15) is 6.92 Å². The van der Waals surface area contributed by atoms with Crippen LogP contribution in [0.3, 0.4) is 0 Å². The second kappa shape index (κ2) is 6.82. The standard InChI is InChI=1S/C8H18N2O3/c1-6(11)7(9-2)8(12)10-4-5-13-3/h6-7,9,11H,4-5H2,1-3H3,(H,10,12)/t6-,7+/m1/s1. The summed E-state index contributed by atoms with van der Waals surface area (Å²) in [6, 6.07) is -0.558. The molecule has 0 rings (SSSR count). The number of carbonyl (C=O) groups is 1. The molecule has 0 unspecified atom stereocenters. The fourth-order valence-electron chi connectivity index (χ4n) is 0.978. The summed E-state index contributed by atoms with van der Waals surface area (Å²) in [6.07, 6.45) is -0.701. The number of ether oxygens (including phenoxy) is 1. The number of aliphatic hydroxyl groups excluding tert-OH is 1. The van der Waals surface area contributed by atoms with Crippen LogP contribution in [0.5, 0.6) is 0 Å². The van der Waals surface area contributed by atoms with E-state index in [-0.39, 0.29) is 5.91 Å². The lowest BCUT2D eigenvalue weighted by Gasteiger charge is -2.18. The van der Waals surface area contributed by atoms with Gasteiger partial charge in [-0.1, -0.05) is 0 Å². The zero-order valence-electron chi connectivity index (χ0n) is 8.33. The Labute approximate surface area is 78.5 Å². The maximum Gasteiger partial charge on any atom is 0.239 e. The van der Waals surface area contributed by atoms with Gasteiger partial charge in [0.2, 0.25) is 5.91 Å². The van der Waals surface area contributed by atoms with E-state index < -0.39 is 12.1 Å². The fourth-order valence-corrected chi connectivity index (χ4v) is 0.978. The van der Waals surface area contributed by atoms with E-state index in [1.165, 1.54) is 0 Å². The zero-order chi connectivity index (χ0) is 10.3. The van der Waals surface area contributed by atoms with E-state index in [4.69, 9.17) is 4.74 Å². The Balaban J connectivity index is 3.78. The molecule has 0 bridgehead atoms. The van der Waals surface area contributed by atoms with Crippen LogP contribution >= 0.6 is 0 Å². The van der Waals surface area contributed by atoms with Crippen LogP contribution in [-0.2, 0) is 9.53 Å². The SMILES string of the molecule is CN[C@H](C(=O)NCCOC)[C@@H](C)O. The monoisotopic (exact) mass is 190 g/mol. The van der Waals surface area contributed by atoms with Crippen LogP contribution < -0.4 is 10.6 Å². The van der Waals surface area contributed by atoms with Crippen molar-refractivity contribution in [2.75, 3.05) is 27.3 Å². The third kappa shape index (κ3) is 4.82. The molecule has 0 fully saturated rings. The lowest BCUT2D eigenvalue weighted by molar-refractivity contribution is -0.125. The van der Waals surface area contributed by atoms with Crippen molar-refractivity contribution >= 4 is 5.91 Å². The van der Waals surface area contributed by atoms with Gasteiger partial charge in [0.25, 0.3) is 0 Å². The van der Waals surface area contributed by atoms with Crippen LogP contribution in [0, 0.1) is 0 Å². The predicted octanol–water partition coefficient (Wildman–Crippen LogP) is -1.28. The summed E-state index contributed by atoms with van der Waals surface area (Å²) in [7, 11) is 3.20. The molecule has 5 heteroatoms. The largest absolute Gasteiger partial charge is 0.391 e. The summed E-state index contributed by atoms with van der Waals surface area (Å²) in [5.41, 5.74) is 0. The first kappa shape index (κ1) is 12.3. The predicted molar refractivity (Wildman–Crippen MR) is 49.4 cm³/mol. The van der Waals surface area contributed by atoms with Crippen LogP contribution in [-0.4, -0.2) is 50.5 Å². The van der Waals surface area contributed by atoms with Gasteiger partial charge in [-0.3, -0.25) is 4.79 Å². The quantitative estimate of drug-likeness (QED) is 0.456. The highest BCUT2D eigenvalue weighted by Crippen LogP contribution is 1.91. The molecule has 0 saturated heterocycles. The van der Waals surface area contributed by atoms with Gasteiger partial charge < -0.3 is 20.5 Å². The minimum Gasteiger partial charge on any atom is -0.391 e. The highest BCUT2D eigenvalue weighted by atomic mass is 16.5. The molecular formula is C8H18N2O3. The van der Waals surface area contributed by atoms with E-state index in [1.54, 1.807) is 21.1 Å². The van der Waals surface area contributed by atoms with Gasteiger partial charge in [-0.15, -0.1) is 0 Å². The lowest BCUT2D eigenvalue weighted by atomic mass is 10.2. The van der Waals surface area contributed by atoms with Crippen molar-refractivity contribution < 1.29 is 14.6 Å². The summed E-state index contributed by atoms with van der Waals surface area (Å²) in [6.45, 7) is 2.50. The minimum absolute atomic E-state index is 0.213. The molecule has 0 aromatic heterocycles. The molecule has 0 aliphatic rings. The molecule has 0 radical (unpaired) electrons. The van der Waals surface area contributed by atoms with Gasteiger partial charge in [-0.25, -0.2) is 0 Å². The van der Waals surface area contributed by atoms with Crippen LogP contribution in [0.15, 0.2) is 0 Å². The average Bonchev–Trinajstić information content (AvgIpc) is 2.05. The number of methoxy groups -OCH3 is 1. The third-order valence-electron chi connectivity index (χ3n) is 1.68. The molecule has 2 atom stereocenters. The van der Waals surface area contributed by atoms with Gasteiger partial charge in [-0.2, -0.15) is 0 Å². The Morgan fingerprint density at radius 2 is 2.23 bits per heavy atom. The Hall–Kier alpha value is -0.650. The lowest BCUT2D eigenvalue weighted by Crippen LogP contribution is -2.49. The molecule has 0 spiro atoms. The van der Waals surface area contributed by atoms with Gasteiger partial charge >= 0.3 is 0 Å². The maximum absolute atomic E-state index is 11.3. The molecule has 3 N–H and O–H groups in total. The number of amides is 1. The Kier molecular flexibility index (Phi) is 6.48. The molecule has 0 aliphatic heterocycles. The van der Waals surface area contributed by atoms with Crippen LogP contribution in [0.25, 0.3) is 0 Å². The first-order chi connectivity index (χ1) is 6.13. The Morgan fingerprint density at radius 3 is 2.62 bits per heavy atom. The average molecular weight is 190 g/mol. The van der Waals surface area contributed by atoms with Gasteiger partial charge in [0.15, 0.2) is 0 Å². The Bertz CT molecular complexity index is 150. The van der Waals surface area contributed by atoms with E-state index in [1.807, 2.05) is 0 Å². The number of hydrogen-bond donors (Lipinski definition) is 3. The molecular weight excluding hydrogens is 172 g/mol. The number of rotatable bonds is 6. The van der Waals surface area contributed by atoms with E-state index >= 15 is 0 Å². The summed E-state index contributed by atoms with van der Waals surface area (Å²) in [5, 5.41) is 14.5. The van der Waals surface area contributed by atoms with Crippen molar-refractivity contribution in [3.8, 4) is 0 Å². The van der Waals surface area contributed by atoms with Crippen molar-refractivity contribution in [1.29, 1.82) is 0 Å². The van der Waals surface area contributed by atoms with Gasteiger partial charge in [0.1, 0.15) is 6.04 Å². The van der Waals surface area contributed by atoms with Gasteiger partial charge in [-0.05, 0) is 14.0 Å². The van der Waals surface area contributed by atoms with Crippen molar-refractivity contribution in [2.45, 2.75) is 19.1 Å². The highest BCUT2D eigenvalue weighted by molar-refractivity contribution is 5.82. The van der Waals surface area contributed by atoms with Crippen molar-refractivity contribution in [3.05, 3.63) is 0 Å². The van der Waals surface area contributed by atoms with Crippen molar-refractivity contribution in [2.24, 2.45) is 0 Å². The van der Waals surface area contributed by atoms with Crippen LogP contribution in [0.2, 0.25) is 0 Å². The summed E-state index contributed by atoms with van der Waals surface area (Å²) in [5.74, 6) is -0.213. The smallest absolute Gasteiger partial charge is 0.239 e. The van der Waals surface area contributed by atoms with Crippen molar-refractivity contribution in [3.63, 3.8) is 0 Å². The van der Waals surface area contributed by atoms with Crippen LogP contribution in [0.4, 0.5) is 0 Å². The summed E-state index contributed by atoms with van der Waals surface area (Å²) in [4.78, 5) is 11.3. The fraction of sp³-hybridized carbons (Fsp3) is 0.875. The molecule has 0 heterocycles. The van der Waals surface area contributed by atoms with E-state index in [0.29, 0.717) is 13.2 Å². The number of aliphatic hydroxyl groups is 1. The highest BCUT2D eigenvalue weighted by Gasteiger charge is 2.20. The zero-order valence-corrected chi connectivity index (χ0v) is 8.33. The molecule has 1 amide bonds. The second-order valence-corrected chi connectivity index (χ2v) is 2.79. The third-order valence-corrected chi connectivity index (χ3v) is 1.68. The molecule has 13 heavy (non-hydrogen) atoms. The summed E-state index contributed by atoms with van der Waals surface area (Å²) >= 11 is 0. The molecule has 0 aliphatic carbocycles. The number of hydrogen-bond acceptors (Lipinski definition) is 4. The van der Waals surface area contributed by atoms with Gasteiger partial charge in [0.05, 0.1) is 12.7 Å². The van der Waals surface area contributed by atoms with Gasteiger partial charge in [0, 0.05) is 13.7 Å². The second-order valence-electron chi connectivity index (χ2n) is 2.79. The number of nitrogens with one attached hydrogen (secondary N) is 2. The van der Waals surface area contributed by atoms with E-state index in [9.17, 15) is 9.90 Å². The van der Waals surface area contributed by atoms with E-state index in [0.717, 1.165) is 0 Å². The Morgan fingerprint density at radius 1 is 1.62 bits per heavy atom. The molecule has 0 saturated carbocycles. The number of likely N-dealkylation sites (N-methyl/N-ethyl adjacent to an activating group) is 1. The first-order valence-electron chi connectivity index (χ1n) is 4.25. The topological polar surface area (TPSA) is 70.6 Å². The molecule has 0 aromatic rings. The first-order valence-corrected chi connectivity index (χ1v) is 4.25.